The van der Waals surface area contributed by atoms with E-state index in [2.05, 4.69) is 24.0 Å². The number of nitrogens with zero attached hydrogens (tertiary/aromatic N) is 4. The minimum Gasteiger partial charge on any atom is -0.497 e. The van der Waals surface area contributed by atoms with Gasteiger partial charge < -0.3 is 14.0 Å². The molecule has 27 heavy (non-hydrogen) atoms. The molecule has 0 bridgehead atoms. The molecular weight excluding hydrogens is 368 g/mol. The maximum atomic E-state index is 13.3. The van der Waals surface area contributed by atoms with Gasteiger partial charge in [0.25, 0.3) is 0 Å². The molecule has 2 heterocycles. The van der Waals surface area contributed by atoms with Gasteiger partial charge in [-0.15, -0.1) is 10.2 Å². The minimum absolute atomic E-state index is 0.00928. The van der Waals surface area contributed by atoms with Crippen LogP contribution in [-0.4, -0.2) is 54.8 Å². The number of aromatic nitrogens is 3. The van der Waals surface area contributed by atoms with Gasteiger partial charge in [0.15, 0.2) is 0 Å². The number of rotatable bonds is 6. The SMILES string of the molecule is COc1ccc(OC)c(S(=O)(=O)N2CCCC(c3nncn3C(C)C)C2)c1. The molecule has 0 saturated carbocycles. The fourth-order valence-corrected chi connectivity index (χ4v) is 5.13. The Labute approximate surface area is 160 Å². The summed E-state index contributed by atoms with van der Waals surface area (Å²) in [5.74, 6) is 1.63. The highest BCUT2D eigenvalue weighted by molar-refractivity contribution is 7.89. The van der Waals surface area contributed by atoms with Crippen molar-refractivity contribution in [3.8, 4) is 11.5 Å². The molecule has 1 aliphatic heterocycles. The van der Waals surface area contributed by atoms with Crippen LogP contribution in [0.1, 0.15) is 44.5 Å². The molecule has 1 aromatic carbocycles. The number of methoxy groups -OCH3 is 2. The summed E-state index contributed by atoms with van der Waals surface area (Å²) in [4.78, 5) is 0.121. The van der Waals surface area contributed by atoms with Gasteiger partial charge >= 0.3 is 0 Å². The molecule has 1 unspecified atom stereocenters. The van der Waals surface area contributed by atoms with Crippen molar-refractivity contribution in [3.63, 3.8) is 0 Å². The molecule has 0 amide bonds. The molecule has 9 heteroatoms. The van der Waals surface area contributed by atoms with Gasteiger partial charge in [0, 0.05) is 31.1 Å². The monoisotopic (exact) mass is 394 g/mol. The first kappa shape index (κ1) is 19.6. The highest BCUT2D eigenvalue weighted by Crippen LogP contribution is 2.34. The summed E-state index contributed by atoms with van der Waals surface area (Å²) in [6.45, 7) is 4.96. The molecule has 8 nitrogen and oxygen atoms in total. The Morgan fingerprint density at radius 3 is 2.67 bits per heavy atom. The van der Waals surface area contributed by atoms with Gasteiger partial charge in [-0.2, -0.15) is 4.31 Å². The second kappa shape index (κ2) is 7.85. The summed E-state index contributed by atoms with van der Waals surface area (Å²) in [6, 6.07) is 5.03. The van der Waals surface area contributed by atoms with Crippen LogP contribution in [0.3, 0.4) is 0 Å². The van der Waals surface area contributed by atoms with Crippen molar-refractivity contribution in [2.75, 3.05) is 27.3 Å². The maximum absolute atomic E-state index is 13.3. The van der Waals surface area contributed by atoms with Crippen molar-refractivity contribution in [1.29, 1.82) is 0 Å². The molecule has 1 aliphatic rings. The van der Waals surface area contributed by atoms with Crippen molar-refractivity contribution in [1.82, 2.24) is 19.1 Å². The van der Waals surface area contributed by atoms with Crippen LogP contribution in [0.4, 0.5) is 0 Å². The Hall–Kier alpha value is -2.13. The van der Waals surface area contributed by atoms with E-state index in [0.717, 1.165) is 18.7 Å². The molecule has 1 saturated heterocycles. The number of benzene rings is 1. The Bertz CT molecular complexity index is 895. The van der Waals surface area contributed by atoms with Gasteiger partial charge in [-0.1, -0.05) is 0 Å². The second-order valence-corrected chi connectivity index (χ2v) is 8.82. The van der Waals surface area contributed by atoms with Crippen LogP contribution in [0.5, 0.6) is 11.5 Å². The van der Waals surface area contributed by atoms with E-state index in [-0.39, 0.29) is 16.9 Å². The first-order chi connectivity index (χ1) is 12.9. The van der Waals surface area contributed by atoms with Crippen LogP contribution in [0, 0.1) is 0 Å². The lowest BCUT2D eigenvalue weighted by atomic mass is 9.98. The third-order valence-corrected chi connectivity index (χ3v) is 6.78. The van der Waals surface area contributed by atoms with E-state index in [9.17, 15) is 8.42 Å². The lowest BCUT2D eigenvalue weighted by Crippen LogP contribution is -2.40. The molecule has 2 aromatic rings. The van der Waals surface area contributed by atoms with Crippen LogP contribution in [-0.2, 0) is 10.0 Å². The van der Waals surface area contributed by atoms with Crippen LogP contribution >= 0.6 is 0 Å². The van der Waals surface area contributed by atoms with Crippen molar-refractivity contribution in [2.45, 2.75) is 43.5 Å². The molecule has 1 aromatic heterocycles. The molecule has 0 radical (unpaired) electrons. The minimum atomic E-state index is -3.72. The van der Waals surface area contributed by atoms with Crippen molar-refractivity contribution in [2.24, 2.45) is 0 Å². The summed E-state index contributed by atoms with van der Waals surface area (Å²) >= 11 is 0. The van der Waals surface area contributed by atoms with Gasteiger partial charge in [-0.25, -0.2) is 8.42 Å². The maximum Gasteiger partial charge on any atom is 0.246 e. The number of ether oxygens (including phenoxy) is 2. The third kappa shape index (κ3) is 3.79. The first-order valence-electron chi connectivity index (χ1n) is 9.00. The quantitative estimate of drug-likeness (QED) is 0.748. The number of piperidine rings is 1. The zero-order valence-corrected chi connectivity index (χ0v) is 16.9. The standard InChI is InChI=1S/C18H26N4O4S/c1-13(2)22-12-19-20-18(22)14-6-5-9-21(11-14)27(23,24)17-10-15(25-3)7-8-16(17)26-4/h7-8,10,12-14H,5-6,9,11H2,1-4H3. The Morgan fingerprint density at radius 1 is 1.22 bits per heavy atom. The summed E-state index contributed by atoms with van der Waals surface area (Å²) < 4.78 is 40.6. The Kier molecular flexibility index (Phi) is 5.71. The zero-order chi connectivity index (χ0) is 19.6. The van der Waals surface area contributed by atoms with Crippen LogP contribution in [0.25, 0.3) is 0 Å². The molecule has 0 N–H and O–H groups in total. The van der Waals surface area contributed by atoms with Crippen LogP contribution < -0.4 is 9.47 Å². The van der Waals surface area contributed by atoms with E-state index in [0.29, 0.717) is 24.6 Å². The van der Waals surface area contributed by atoms with Gasteiger partial charge in [-0.05, 0) is 38.8 Å². The molecule has 1 fully saturated rings. The molecule has 3 rings (SSSR count). The molecular formula is C18H26N4O4S. The summed E-state index contributed by atoms with van der Waals surface area (Å²) in [7, 11) is -0.753. The lowest BCUT2D eigenvalue weighted by molar-refractivity contribution is 0.300. The van der Waals surface area contributed by atoms with Gasteiger partial charge in [0.1, 0.15) is 28.5 Å². The van der Waals surface area contributed by atoms with Crippen LogP contribution in [0.2, 0.25) is 0 Å². The summed E-state index contributed by atoms with van der Waals surface area (Å²) in [5, 5.41) is 8.28. The number of hydrogen-bond acceptors (Lipinski definition) is 6. The van der Waals surface area contributed by atoms with Crippen molar-refractivity contribution < 1.29 is 17.9 Å². The lowest BCUT2D eigenvalue weighted by Gasteiger charge is -2.32. The summed E-state index contributed by atoms with van der Waals surface area (Å²) in [5.41, 5.74) is 0. The van der Waals surface area contributed by atoms with Crippen molar-refractivity contribution >= 4 is 10.0 Å². The zero-order valence-electron chi connectivity index (χ0n) is 16.1. The third-order valence-electron chi connectivity index (χ3n) is 4.90. The Balaban J connectivity index is 1.92. The van der Waals surface area contributed by atoms with E-state index >= 15 is 0 Å². The van der Waals surface area contributed by atoms with E-state index < -0.39 is 10.0 Å². The van der Waals surface area contributed by atoms with E-state index in [1.165, 1.54) is 24.6 Å². The normalized spacial score (nSPS) is 18.6. The predicted molar refractivity (Wildman–Crippen MR) is 101 cm³/mol. The number of sulfonamides is 1. The smallest absolute Gasteiger partial charge is 0.246 e. The predicted octanol–water partition coefficient (Wildman–Crippen LogP) is 2.44. The van der Waals surface area contributed by atoms with Crippen LogP contribution in [0.15, 0.2) is 29.4 Å². The van der Waals surface area contributed by atoms with Gasteiger partial charge in [0.2, 0.25) is 10.0 Å². The van der Waals surface area contributed by atoms with E-state index in [4.69, 9.17) is 9.47 Å². The van der Waals surface area contributed by atoms with Crippen molar-refractivity contribution in [3.05, 3.63) is 30.4 Å². The molecule has 148 valence electrons. The molecule has 1 atom stereocenters. The number of hydrogen-bond donors (Lipinski definition) is 0. The topological polar surface area (TPSA) is 86.6 Å². The fourth-order valence-electron chi connectivity index (χ4n) is 3.44. The average Bonchev–Trinajstić information content (AvgIpc) is 3.17. The Morgan fingerprint density at radius 2 is 2.00 bits per heavy atom. The molecule has 0 aliphatic carbocycles. The highest BCUT2D eigenvalue weighted by atomic mass is 32.2. The van der Waals surface area contributed by atoms with Gasteiger partial charge in [-0.3, -0.25) is 0 Å². The first-order valence-corrected chi connectivity index (χ1v) is 10.4. The van der Waals surface area contributed by atoms with E-state index in [1.807, 2.05) is 4.57 Å². The van der Waals surface area contributed by atoms with Gasteiger partial charge in [0.05, 0.1) is 14.2 Å². The second-order valence-electron chi connectivity index (χ2n) is 6.91. The van der Waals surface area contributed by atoms with E-state index in [1.54, 1.807) is 18.5 Å². The average molecular weight is 394 g/mol. The highest BCUT2D eigenvalue weighted by Gasteiger charge is 2.35. The fraction of sp³-hybridized carbons (Fsp3) is 0.556. The largest absolute Gasteiger partial charge is 0.497 e. The summed E-state index contributed by atoms with van der Waals surface area (Å²) in [6.07, 6.45) is 3.35. The molecule has 0 spiro atoms.